The van der Waals surface area contributed by atoms with Crippen molar-refractivity contribution in [2.24, 2.45) is 0 Å². The molecule has 0 aromatic carbocycles. The molecule has 0 spiro atoms. The summed E-state index contributed by atoms with van der Waals surface area (Å²) in [7, 11) is 0. The zero-order chi connectivity index (χ0) is 16.1. The molecule has 120 valence electrons. The van der Waals surface area contributed by atoms with Crippen molar-refractivity contribution in [2.45, 2.75) is 18.8 Å². The molecule has 2 aromatic heterocycles. The quantitative estimate of drug-likeness (QED) is 0.884. The third kappa shape index (κ3) is 3.81. The lowest BCUT2D eigenvalue weighted by Crippen LogP contribution is -2.40. The van der Waals surface area contributed by atoms with Gasteiger partial charge in [0, 0.05) is 31.4 Å². The fourth-order valence-electron chi connectivity index (χ4n) is 2.75. The number of amides is 1. The Morgan fingerprint density at radius 1 is 1.35 bits per heavy atom. The summed E-state index contributed by atoms with van der Waals surface area (Å²) in [5.74, 6) is 1.24. The van der Waals surface area contributed by atoms with E-state index < -0.39 is 6.61 Å². The molecule has 2 aromatic rings. The number of aliphatic hydroxyl groups excluding tert-OH is 1. The van der Waals surface area contributed by atoms with Crippen molar-refractivity contribution < 1.29 is 9.90 Å². The van der Waals surface area contributed by atoms with Gasteiger partial charge in [0.2, 0.25) is 5.91 Å². The molecule has 0 radical (unpaired) electrons. The maximum absolute atomic E-state index is 11.7. The van der Waals surface area contributed by atoms with Gasteiger partial charge >= 0.3 is 0 Å². The van der Waals surface area contributed by atoms with Crippen LogP contribution in [0.3, 0.4) is 0 Å². The molecule has 0 unspecified atom stereocenters. The number of rotatable bonds is 4. The number of likely N-dealkylation sites (tertiary alicyclic amines) is 1. The molecule has 3 heterocycles. The second-order valence-corrected chi connectivity index (χ2v) is 5.51. The highest BCUT2D eigenvalue weighted by Gasteiger charge is 2.25. The van der Waals surface area contributed by atoms with Crippen LogP contribution in [0.1, 0.15) is 24.5 Å². The SMILES string of the molecule is O=C(CO)N1CCC[C@@H](c2cncc(Nc3ccccn3)n2)C1. The van der Waals surface area contributed by atoms with Gasteiger partial charge in [-0.1, -0.05) is 6.07 Å². The van der Waals surface area contributed by atoms with Gasteiger partial charge in [-0.2, -0.15) is 0 Å². The minimum Gasteiger partial charge on any atom is -0.387 e. The van der Waals surface area contributed by atoms with Crippen molar-refractivity contribution >= 4 is 17.5 Å². The van der Waals surface area contributed by atoms with Crippen LogP contribution in [-0.4, -0.2) is 50.6 Å². The van der Waals surface area contributed by atoms with Gasteiger partial charge in [-0.15, -0.1) is 0 Å². The van der Waals surface area contributed by atoms with E-state index in [9.17, 15) is 4.79 Å². The van der Waals surface area contributed by atoms with Crippen molar-refractivity contribution in [1.82, 2.24) is 19.9 Å². The predicted octanol–water partition coefficient (Wildman–Crippen LogP) is 1.31. The number of carbonyl (C=O) groups is 1. The van der Waals surface area contributed by atoms with Gasteiger partial charge in [0.1, 0.15) is 18.2 Å². The molecule has 1 aliphatic rings. The molecular formula is C16H19N5O2. The molecule has 7 nitrogen and oxygen atoms in total. The minimum atomic E-state index is -0.445. The van der Waals surface area contributed by atoms with Gasteiger partial charge in [-0.25, -0.2) is 9.97 Å². The lowest BCUT2D eigenvalue weighted by Gasteiger charge is -2.32. The highest BCUT2D eigenvalue weighted by molar-refractivity contribution is 5.77. The van der Waals surface area contributed by atoms with Crippen LogP contribution < -0.4 is 5.32 Å². The number of nitrogens with one attached hydrogen (secondary N) is 1. The first-order chi connectivity index (χ1) is 11.3. The molecular weight excluding hydrogens is 294 g/mol. The maximum Gasteiger partial charge on any atom is 0.248 e. The molecule has 0 bridgehead atoms. The second kappa shape index (κ2) is 7.15. The van der Waals surface area contributed by atoms with Crippen molar-refractivity contribution in [2.75, 3.05) is 25.0 Å². The molecule has 0 aliphatic carbocycles. The number of aromatic nitrogens is 3. The summed E-state index contributed by atoms with van der Waals surface area (Å²) in [6.07, 6.45) is 6.95. The molecule has 1 aliphatic heterocycles. The van der Waals surface area contributed by atoms with Crippen LogP contribution in [0.5, 0.6) is 0 Å². The fraction of sp³-hybridized carbons (Fsp3) is 0.375. The number of hydrogen-bond acceptors (Lipinski definition) is 6. The van der Waals surface area contributed by atoms with Crippen molar-refractivity contribution in [1.29, 1.82) is 0 Å². The molecule has 1 amide bonds. The Bertz CT molecular complexity index is 665. The molecule has 2 N–H and O–H groups in total. The summed E-state index contributed by atoms with van der Waals surface area (Å²) in [5.41, 5.74) is 0.848. The van der Waals surface area contributed by atoms with Crippen molar-refractivity contribution in [3.8, 4) is 0 Å². The summed E-state index contributed by atoms with van der Waals surface area (Å²) in [5, 5.41) is 12.1. The van der Waals surface area contributed by atoms with Crippen LogP contribution in [0.2, 0.25) is 0 Å². The number of hydrogen-bond donors (Lipinski definition) is 2. The Balaban J connectivity index is 1.73. The Labute approximate surface area is 134 Å². The van der Waals surface area contributed by atoms with Crippen molar-refractivity contribution in [3.05, 3.63) is 42.5 Å². The van der Waals surface area contributed by atoms with Crippen LogP contribution in [-0.2, 0) is 4.79 Å². The summed E-state index contributed by atoms with van der Waals surface area (Å²) in [4.78, 5) is 26.4. The van der Waals surface area contributed by atoms with Gasteiger partial charge in [0.25, 0.3) is 0 Å². The van der Waals surface area contributed by atoms with Crippen LogP contribution in [0.15, 0.2) is 36.8 Å². The van der Waals surface area contributed by atoms with Gasteiger partial charge in [0.05, 0.1) is 11.9 Å². The third-order valence-corrected chi connectivity index (χ3v) is 3.90. The lowest BCUT2D eigenvalue weighted by atomic mass is 9.95. The summed E-state index contributed by atoms with van der Waals surface area (Å²) < 4.78 is 0. The van der Waals surface area contributed by atoms with Crippen molar-refractivity contribution in [3.63, 3.8) is 0 Å². The maximum atomic E-state index is 11.7. The van der Waals surface area contributed by atoms with Gasteiger partial charge in [-0.3, -0.25) is 9.78 Å². The van der Waals surface area contributed by atoms with Gasteiger partial charge in [-0.05, 0) is 25.0 Å². The normalized spacial score (nSPS) is 17.8. The molecule has 0 saturated carbocycles. The molecule has 3 rings (SSSR count). The van der Waals surface area contributed by atoms with Crippen LogP contribution in [0.4, 0.5) is 11.6 Å². The molecule has 23 heavy (non-hydrogen) atoms. The largest absolute Gasteiger partial charge is 0.387 e. The summed E-state index contributed by atoms with van der Waals surface area (Å²) in [6, 6.07) is 5.60. The Hall–Kier alpha value is -2.54. The zero-order valence-electron chi connectivity index (χ0n) is 12.7. The second-order valence-electron chi connectivity index (χ2n) is 5.51. The van der Waals surface area contributed by atoms with E-state index in [2.05, 4.69) is 20.3 Å². The number of nitrogens with zero attached hydrogens (tertiary/aromatic N) is 4. The number of anilines is 2. The average molecular weight is 313 g/mol. The number of aliphatic hydroxyl groups is 1. The van der Waals surface area contributed by atoms with E-state index in [1.807, 2.05) is 18.2 Å². The topological polar surface area (TPSA) is 91.2 Å². The van der Waals surface area contributed by atoms with E-state index in [0.717, 1.165) is 18.5 Å². The Morgan fingerprint density at radius 3 is 3.04 bits per heavy atom. The van der Waals surface area contributed by atoms with Crippen LogP contribution >= 0.6 is 0 Å². The van der Waals surface area contributed by atoms with E-state index in [1.165, 1.54) is 0 Å². The summed E-state index contributed by atoms with van der Waals surface area (Å²) >= 11 is 0. The first kappa shape index (κ1) is 15.4. The first-order valence-corrected chi connectivity index (χ1v) is 7.65. The number of pyridine rings is 1. The standard InChI is InChI=1S/C16H19N5O2/c22-11-16(23)21-7-3-4-12(10-21)13-8-17-9-15(19-13)20-14-5-1-2-6-18-14/h1-2,5-6,8-9,12,22H,3-4,7,10-11H2,(H,18,19,20)/t12-/m1/s1. The van der Waals surface area contributed by atoms with E-state index in [0.29, 0.717) is 24.7 Å². The third-order valence-electron chi connectivity index (χ3n) is 3.90. The predicted molar refractivity (Wildman–Crippen MR) is 85.2 cm³/mol. The Kier molecular flexibility index (Phi) is 4.77. The molecule has 1 atom stereocenters. The van der Waals surface area contributed by atoms with E-state index in [4.69, 9.17) is 5.11 Å². The average Bonchev–Trinajstić information content (AvgIpc) is 2.62. The van der Waals surface area contributed by atoms with Crippen LogP contribution in [0.25, 0.3) is 0 Å². The minimum absolute atomic E-state index is 0.136. The fourth-order valence-corrected chi connectivity index (χ4v) is 2.75. The monoisotopic (exact) mass is 313 g/mol. The van der Waals surface area contributed by atoms with Crippen LogP contribution in [0, 0.1) is 0 Å². The molecule has 7 heteroatoms. The Morgan fingerprint density at radius 2 is 2.26 bits per heavy atom. The highest BCUT2D eigenvalue weighted by Crippen LogP contribution is 2.26. The number of piperidine rings is 1. The van der Waals surface area contributed by atoms with Gasteiger partial charge < -0.3 is 15.3 Å². The van der Waals surface area contributed by atoms with E-state index in [1.54, 1.807) is 23.5 Å². The molecule has 1 fully saturated rings. The number of carbonyl (C=O) groups excluding carboxylic acids is 1. The molecule has 1 saturated heterocycles. The van der Waals surface area contributed by atoms with E-state index in [-0.39, 0.29) is 11.8 Å². The van der Waals surface area contributed by atoms with E-state index >= 15 is 0 Å². The highest BCUT2D eigenvalue weighted by atomic mass is 16.3. The zero-order valence-corrected chi connectivity index (χ0v) is 12.7. The first-order valence-electron chi connectivity index (χ1n) is 7.65. The summed E-state index contributed by atoms with van der Waals surface area (Å²) in [6.45, 7) is 0.815. The van der Waals surface area contributed by atoms with Gasteiger partial charge in [0.15, 0.2) is 0 Å². The smallest absolute Gasteiger partial charge is 0.248 e. The lowest BCUT2D eigenvalue weighted by molar-refractivity contribution is -0.135.